The van der Waals surface area contributed by atoms with Crippen LogP contribution >= 0.6 is 0 Å². The lowest BCUT2D eigenvalue weighted by atomic mass is 9.93. The molecule has 2 atom stereocenters. The first-order chi connectivity index (χ1) is 6.56. The molecule has 14 heavy (non-hydrogen) atoms. The largest absolute Gasteiger partial charge is 0.103 e. The van der Waals surface area contributed by atoms with Crippen LogP contribution in [0.15, 0.2) is 12.7 Å². The van der Waals surface area contributed by atoms with Crippen molar-refractivity contribution in [3.8, 4) is 0 Å². The zero-order chi connectivity index (χ0) is 11.0. The molecular formula is C14H28. The highest BCUT2D eigenvalue weighted by atomic mass is 14.1. The third-order valence-corrected chi connectivity index (χ3v) is 3.00. The highest BCUT2D eigenvalue weighted by Crippen LogP contribution is 2.19. The fourth-order valence-electron chi connectivity index (χ4n) is 1.68. The molecule has 0 saturated carbocycles. The fourth-order valence-corrected chi connectivity index (χ4v) is 1.68. The minimum atomic E-state index is 0.697. The van der Waals surface area contributed by atoms with Crippen molar-refractivity contribution >= 4 is 0 Å². The lowest BCUT2D eigenvalue weighted by Crippen LogP contribution is -1.99. The molecule has 0 fully saturated rings. The van der Waals surface area contributed by atoms with Crippen LogP contribution in [0.1, 0.15) is 59.8 Å². The van der Waals surface area contributed by atoms with Gasteiger partial charge in [-0.2, -0.15) is 0 Å². The number of allylic oxidation sites excluding steroid dienone is 1. The van der Waals surface area contributed by atoms with Crippen molar-refractivity contribution in [2.75, 3.05) is 0 Å². The van der Waals surface area contributed by atoms with Crippen molar-refractivity contribution < 1.29 is 0 Å². The molecule has 0 nitrogen and oxygen atoms in total. The summed E-state index contributed by atoms with van der Waals surface area (Å²) in [5.41, 5.74) is 0. The van der Waals surface area contributed by atoms with Gasteiger partial charge in [0.25, 0.3) is 0 Å². The van der Waals surface area contributed by atoms with Crippen molar-refractivity contribution in [1.82, 2.24) is 0 Å². The van der Waals surface area contributed by atoms with Crippen LogP contribution in [0.25, 0.3) is 0 Å². The summed E-state index contributed by atoms with van der Waals surface area (Å²) in [7, 11) is 0. The van der Waals surface area contributed by atoms with Crippen LogP contribution in [0.3, 0.4) is 0 Å². The van der Waals surface area contributed by atoms with Crippen molar-refractivity contribution in [2.24, 2.45) is 17.8 Å². The van der Waals surface area contributed by atoms with Gasteiger partial charge in [-0.15, -0.1) is 6.58 Å². The lowest BCUT2D eigenvalue weighted by Gasteiger charge is -2.13. The van der Waals surface area contributed by atoms with Gasteiger partial charge in [-0.05, 0) is 24.2 Å². The van der Waals surface area contributed by atoms with Gasteiger partial charge in [-0.3, -0.25) is 0 Å². The molecule has 0 aliphatic heterocycles. The Morgan fingerprint density at radius 3 is 2.07 bits per heavy atom. The van der Waals surface area contributed by atoms with E-state index < -0.39 is 0 Å². The van der Waals surface area contributed by atoms with E-state index in [1.165, 1.54) is 32.1 Å². The molecule has 0 aliphatic rings. The molecule has 0 amide bonds. The monoisotopic (exact) mass is 196 g/mol. The summed E-state index contributed by atoms with van der Waals surface area (Å²) in [5.74, 6) is 2.47. The third-order valence-electron chi connectivity index (χ3n) is 3.00. The van der Waals surface area contributed by atoms with Gasteiger partial charge in [0, 0.05) is 0 Å². The van der Waals surface area contributed by atoms with Crippen LogP contribution in [0.2, 0.25) is 0 Å². The van der Waals surface area contributed by atoms with Gasteiger partial charge in [0.2, 0.25) is 0 Å². The molecule has 0 aromatic heterocycles. The maximum absolute atomic E-state index is 3.82. The Bertz CT molecular complexity index is 135. The van der Waals surface area contributed by atoms with Gasteiger partial charge in [-0.1, -0.05) is 59.5 Å². The van der Waals surface area contributed by atoms with E-state index >= 15 is 0 Å². The molecule has 0 aromatic carbocycles. The van der Waals surface area contributed by atoms with Crippen molar-refractivity contribution in [1.29, 1.82) is 0 Å². The van der Waals surface area contributed by atoms with Crippen molar-refractivity contribution in [3.63, 3.8) is 0 Å². The van der Waals surface area contributed by atoms with Crippen LogP contribution in [-0.2, 0) is 0 Å². The quantitative estimate of drug-likeness (QED) is 0.476. The van der Waals surface area contributed by atoms with E-state index in [-0.39, 0.29) is 0 Å². The Morgan fingerprint density at radius 1 is 0.929 bits per heavy atom. The number of hydrogen-bond acceptors (Lipinski definition) is 0. The highest BCUT2D eigenvalue weighted by molar-refractivity contribution is 4.75. The van der Waals surface area contributed by atoms with E-state index in [0.717, 1.165) is 11.8 Å². The van der Waals surface area contributed by atoms with Crippen LogP contribution in [0, 0.1) is 17.8 Å². The standard InChI is InChI=1S/C14H28/c1-6-13(4)10-11-14(5)9-7-8-12(2)3/h6,12-14H,1,7-11H2,2-5H3. The molecule has 0 aliphatic carbocycles. The molecular weight excluding hydrogens is 168 g/mol. The van der Waals surface area contributed by atoms with Crippen LogP contribution < -0.4 is 0 Å². The van der Waals surface area contributed by atoms with E-state index in [9.17, 15) is 0 Å². The summed E-state index contributed by atoms with van der Waals surface area (Å²) in [4.78, 5) is 0. The van der Waals surface area contributed by atoms with E-state index in [0.29, 0.717) is 5.92 Å². The average molecular weight is 196 g/mol. The summed E-state index contributed by atoms with van der Waals surface area (Å²) in [6, 6.07) is 0. The third kappa shape index (κ3) is 8.34. The van der Waals surface area contributed by atoms with Gasteiger partial charge in [-0.25, -0.2) is 0 Å². The maximum atomic E-state index is 3.82. The Balaban J connectivity index is 3.36. The lowest BCUT2D eigenvalue weighted by molar-refractivity contribution is 0.410. The molecule has 0 saturated heterocycles. The molecule has 0 bridgehead atoms. The Labute approximate surface area is 90.8 Å². The second-order valence-corrected chi connectivity index (χ2v) is 5.22. The second kappa shape index (κ2) is 8.08. The summed E-state index contributed by atoms with van der Waals surface area (Å²) >= 11 is 0. The molecule has 0 rings (SSSR count). The highest BCUT2D eigenvalue weighted by Gasteiger charge is 2.04. The minimum absolute atomic E-state index is 0.697. The molecule has 0 spiro atoms. The SMILES string of the molecule is C=CC(C)CCC(C)CCCC(C)C. The Morgan fingerprint density at radius 2 is 1.57 bits per heavy atom. The summed E-state index contributed by atoms with van der Waals surface area (Å²) in [5, 5.41) is 0. The first-order valence-electron chi connectivity index (χ1n) is 6.18. The van der Waals surface area contributed by atoms with Crippen LogP contribution in [0.5, 0.6) is 0 Å². The van der Waals surface area contributed by atoms with Crippen LogP contribution in [-0.4, -0.2) is 0 Å². The Hall–Kier alpha value is -0.260. The molecule has 0 heterocycles. The molecule has 84 valence electrons. The first kappa shape index (κ1) is 13.7. The van der Waals surface area contributed by atoms with Gasteiger partial charge in [0.15, 0.2) is 0 Å². The molecule has 0 radical (unpaired) electrons. The van der Waals surface area contributed by atoms with Gasteiger partial charge in [0.1, 0.15) is 0 Å². The zero-order valence-electron chi connectivity index (χ0n) is 10.6. The van der Waals surface area contributed by atoms with Gasteiger partial charge >= 0.3 is 0 Å². The van der Waals surface area contributed by atoms with Crippen molar-refractivity contribution in [3.05, 3.63) is 12.7 Å². The van der Waals surface area contributed by atoms with E-state index in [1.807, 2.05) is 0 Å². The van der Waals surface area contributed by atoms with E-state index in [4.69, 9.17) is 0 Å². The van der Waals surface area contributed by atoms with Gasteiger partial charge in [0.05, 0.1) is 0 Å². The molecule has 0 aromatic rings. The fraction of sp³-hybridized carbons (Fsp3) is 0.857. The topological polar surface area (TPSA) is 0 Å². The smallest absolute Gasteiger partial charge is 0.0265 e. The Kier molecular flexibility index (Phi) is 7.93. The van der Waals surface area contributed by atoms with Crippen LogP contribution in [0.4, 0.5) is 0 Å². The van der Waals surface area contributed by atoms with Crippen molar-refractivity contribution in [2.45, 2.75) is 59.8 Å². The predicted molar refractivity (Wildman–Crippen MR) is 66.4 cm³/mol. The number of hydrogen-bond donors (Lipinski definition) is 0. The zero-order valence-corrected chi connectivity index (χ0v) is 10.6. The minimum Gasteiger partial charge on any atom is -0.103 e. The maximum Gasteiger partial charge on any atom is -0.0265 e. The second-order valence-electron chi connectivity index (χ2n) is 5.22. The summed E-state index contributed by atoms with van der Waals surface area (Å²) in [6.07, 6.45) is 8.95. The predicted octanol–water partition coefficient (Wildman–Crippen LogP) is 5.05. The number of rotatable bonds is 8. The molecule has 2 unspecified atom stereocenters. The van der Waals surface area contributed by atoms with E-state index in [1.54, 1.807) is 0 Å². The van der Waals surface area contributed by atoms with E-state index in [2.05, 4.69) is 40.3 Å². The van der Waals surface area contributed by atoms with Gasteiger partial charge < -0.3 is 0 Å². The normalized spacial score (nSPS) is 15.5. The average Bonchev–Trinajstić information content (AvgIpc) is 2.13. The molecule has 0 heteroatoms. The molecule has 0 N–H and O–H groups in total. The summed E-state index contributed by atoms with van der Waals surface area (Å²) < 4.78 is 0. The summed E-state index contributed by atoms with van der Waals surface area (Å²) in [6.45, 7) is 13.1. The first-order valence-corrected chi connectivity index (χ1v) is 6.18.